The maximum atomic E-state index is 14.3. The van der Waals surface area contributed by atoms with Crippen molar-refractivity contribution in [2.45, 2.75) is 50.5 Å². The summed E-state index contributed by atoms with van der Waals surface area (Å²) in [6.07, 6.45) is 5.59. The monoisotopic (exact) mass is 308 g/mol. The molecule has 0 spiro atoms. The number of nitrogens with one attached hydrogen (secondary N) is 2. The van der Waals surface area contributed by atoms with E-state index >= 15 is 0 Å². The molecule has 5 heteroatoms. The van der Waals surface area contributed by atoms with Crippen molar-refractivity contribution in [2.75, 3.05) is 13.1 Å². The lowest BCUT2D eigenvalue weighted by Crippen LogP contribution is -2.33. The molecular formula is C17H22F2N2O. The Bertz CT molecular complexity index is 550. The van der Waals surface area contributed by atoms with Crippen LogP contribution in [0.25, 0.3) is 0 Å². The van der Waals surface area contributed by atoms with E-state index in [1.54, 1.807) is 0 Å². The number of amides is 1. The first-order valence-corrected chi connectivity index (χ1v) is 8.15. The van der Waals surface area contributed by atoms with Gasteiger partial charge in [-0.05, 0) is 62.4 Å². The maximum absolute atomic E-state index is 14.3. The first-order chi connectivity index (χ1) is 10.6. The normalized spacial score (nSPS) is 20.3. The van der Waals surface area contributed by atoms with Crippen molar-refractivity contribution in [1.82, 2.24) is 10.6 Å². The van der Waals surface area contributed by atoms with Gasteiger partial charge in [-0.3, -0.25) is 4.79 Å². The van der Waals surface area contributed by atoms with E-state index in [0.717, 1.165) is 57.7 Å². The SMILES string of the molecule is O=C(NC1CCCC1)c1cc(F)c(C2CCNCC2)cc1F. The highest BCUT2D eigenvalue weighted by Crippen LogP contribution is 2.29. The van der Waals surface area contributed by atoms with Crippen molar-refractivity contribution in [3.05, 3.63) is 34.9 Å². The van der Waals surface area contributed by atoms with E-state index in [0.29, 0.717) is 5.56 Å². The molecule has 1 saturated heterocycles. The Labute approximate surface area is 129 Å². The smallest absolute Gasteiger partial charge is 0.254 e. The average Bonchev–Trinajstić information content (AvgIpc) is 3.03. The summed E-state index contributed by atoms with van der Waals surface area (Å²) in [7, 11) is 0. The number of hydrogen-bond donors (Lipinski definition) is 2. The molecule has 1 aliphatic heterocycles. The number of carbonyl (C=O) groups is 1. The van der Waals surface area contributed by atoms with Gasteiger partial charge in [0.2, 0.25) is 0 Å². The van der Waals surface area contributed by atoms with Crippen molar-refractivity contribution in [1.29, 1.82) is 0 Å². The second kappa shape index (κ2) is 6.73. The minimum Gasteiger partial charge on any atom is -0.349 e. The summed E-state index contributed by atoms with van der Waals surface area (Å²) >= 11 is 0. The minimum atomic E-state index is -0.620. The van der Waals surface area contributed by atoms with E-state index in [1.165, 1.54) is 6.07 Å². The molecule has 0 aromatic heterocycles. The second-order valence-electron chi connectivity index (χ2n) is 6.33. The highest BCUT2D eigenvalue weighted by molar-refractivity contribution is 5.94. The van der Waals surface area contributed by atoms with Crippen molar-refractivity contribution < 1.29 is 13.6 Å². The summed E-state index contributed by atoms with van der Waals surface area (Å²) in [5, 5.41) is 6.01. The molecule has 3 rings (SSSR count). The summed E-state index contributed by atoms with van der Waals surface area (Å²) in [5.41, 5.74) is 0.221. The van der Waals surface area contributed by atoms with Gasteiger partial charge in [-0.25, -0.2) is 8.78 Å². The van der Waals surface area contributed by atoms with Crippen molar-refractivity contribution in [3.8, 4) is 0 Å². The fourth-order valence-corrected chi connectivity index (χ4v) is 3.52. The van der Waals surface area contributed by atoms with E-state index in [9.17, 15) is 13.6 Å². The van der Waals surface area contributed by atoms with Gasteiger partial charge in [0.15, 0.2) is 0 Å². The molecule has 2 N–H and O–H groups in total. The molecule has 1 heterocycles. The molecule has 1 aromatic carbocycles. The minimum absolute atomic E-state index is 0.0303. The molecule has 1 aliphatic carbocycles. The molecular weight excluding hydrogens is 286 g/mol. The van der Waals surface area contributed by atoms with E-state index in [1.807, 2.05) is 0 Å². The fraction of sp³-hybridized carbons (Fsp3) is 0.588. The number of carbonyl (C=O) groups excluding carboxylic acids is 1. The molecule has 120 valence electrons. The first-order valence-electron chi connectivity index (χ1n) is 8.15. The van der Waals surface area contributed by atoms with Crippen LogP contribution >= 0.6 is 0 Å². The largest absolute Gasteiger partial charge is 0.349 e. The fourth-order valence-electron chi connectivity index (χ4n) is 3.52. The lowest BCUT2D eigenvalue weighted by molar-refractivity contribution is 0.0933. The van der Waals surface area contributed by atoms with Crippen LogP contribution in [0.5, 0.6) is 0 Å². The summed E-state index contributed by atoms with van der Waals surface area (Å²) in [6.45, 7) is 1.63. The number of halogens is 2. The van der Waals surface area contributed by atoms with Crippen LogP contribution in [0.2, 0.25) is 0 Å². The van der Waals surface area contributed by atoms with Gasteiger partial charge in [0, 0.05) is 6.04 Å². The van der Waals surface area contributed by atoms with Crippen LogP contribution in [-0.2, 0) is 0 Å². The third-order valence-corrected chi connectivity index (χ3v) is 4.80. The number of benzene rings is 1. The third kappa shape index (κ3) is 3.29. The molecule has 2 fully saturated rings. The quantitative estimate of drug-likeness (QED) is 0.901. The maximum Gasteiger partial charge on any atom is 0.254 e. The van der Waals surface area contributed by atoms with Crippen LogP contribution in [0.1, 0.15) is 60.4 Å². The predicted octanol–water partition coefficient (Wildman–Crippen LogP) is 3.10. The molecule has 0 radical (unpaired) electrons. The standard InChI is InChI=1S/C17H22F2N2O/c18-15-10-14(17(22)21-12-3-1-2-4-12)16(19)9-13(15)11-5-7-20-8-6-11/h9-12,20H,1-8H2,(H,21,22). The summed E-state index contributed by atoms with van der Waals surface area (Å²) in [5.74, 6) is -1.56. The van der Waals surface area contributed by atoms with E-state index in [2.05, 4.69) is 10.6 Å². The van der Waals surface area contributed by atoms with Crippen molar-refractivity contribution in [3.63, 3.8) is 0 Å². The Morgan fingerprint density at radius 3 is 2.41 bits per heavy atom. The second-order valence-corrected chi connectivity index (χ2v) is 6.33. The van der Waals surface area contributed by atoms with Gasteiger partial charge in [-0.2, -0.15) is 0 Å². The summed E-state index contributed by atoms with van der Waals surface area (Å²) in [6, 6.07) is 2.38. The molecule has 3 nitrogen and oxygen atoms in total. The predicted molar refractivity (Wildman–Crippen MR) is 80.9 cm³/mol. The van der Waals surface area contributed by atoms with E-state index in [-0.39, 0.29) is 17.5 Å². The van der Waals surface area contributed by atoms with Gasteiger partial charge in [-0.1, -0.05) is 12.8 Å². The topological polar surface area (TPSA) is 41.1 Å². The third-order valence-electron chi connectivity index (χ3n) is 4.80. The van der Waals surface area contributed by atoms with Crippen LogP contribution in [0.3, 0.4) is 0 Å². The number of hydrogen-bond acceptors (Lipinski definition) is 2. The van der Waals surface area contributed by atoms with Crippen molar-refractivity contribution >= 4 is 5.91 Å². The summed E-state index contributed by atoms with van der Waals surface area (Å²) < 4.78 is 28.6. The lowest BCUT2D eigenvalue weighted by atomic mass is 9.89. The summed E-state index contributed by atoms with van der Waals surface area (Å²) in [4.78, 5) is 12.1. The number of piperidine rings is 1. The van der Waals surface area contributed by atoms with Gasteiger partial charge < -0.3 is 10.6 Å². The van der Waals surface area contributed by atoms with Crippen molar-refractivity contribution in [2.24, 2.45) is 0 Å². The molecule has 0 unspecified atom stereocenters. The lowest BCUT2D eigenvalue weighted by Gasteiger charge is -2.23. The van der Waals surface area contributed by atoms with Crippen LogP contribution in [0.4, 0.5) is 8.78 Å². The van der Waals surface area contributed by atoms with Crippen LogP contribution < -0.4 is 10.6 Å². The Morgan fingerprint density at radius 2 is 1.73 bits per heavy atom. The first kappa shape index (κ1) is 15.4. The molecule has 1 aromatic rings. The Hall–Kier alpha value is -1.49. The van der Waals surface area contributed by atoms with Crippen LogP contribution in [0.15, 0.2) is 12.1 Å². The van der Waals surface area contributed by atoms with E-state index in [4.69, 9.17) is 0 Å². The van der Waals surface area contributed by atoms with Gasteiger partial charge in [0.1, 0.15) is 11.6 Å². The van der Waals surface area contributed by atoms with Gasteiger partial charge in [0.05, 0.1) is 5.56 Å². The highest BCUT2D eigenvalue weighted by Gasteiger charge is 2.24. The average molecular weight is 308 g/mol. The molecule has 22 heavy (non-hydrogen) atoms. The molecule has 1 amide bonds. The van der Waals surface area contributed by atoms with Gasteiger partial charge in [0.25, 0.3) is 5.91 Å². The molecule has 1 saturated carbocycles. The van der Waals surface area contributed by atoms with Gasteiger partial charge >= 0.3 is 0 Å². The van der Waals surface area contributed by atoms with Gasteiger partial charge in [-0.15, -0.1) is 0 Å². The van der Waals surface area contributed by atoms with Crippen LogP contribution in [0, 0.1) is 11.6 Å². The molecule has 2 aliphatic rings. The number of rotatable bonds is 3. The Morgan fingerprint density at radius 1 is 1.05 bits per heavy atom. The molecule has 0 bridgehead atoms. The highest BCUT2D eigenvalue weighted by atomic mass is 19.1. The van der Waals surface area contributed by atoms with E-state index < -0.39 is 17.5 Å². The van der Waals surface area contributed by atoms with Crippen LogP contribution in [-0.4, -0.2) is 25.0 Å². The zero-order valence-electron chi connectivity index (χ0n) is 12.6. The zero-order valence-corrected chi connectivity index (χ0v) is 12.6. The zero-order chi connectivity index (χ0) is 15.5. The Kier molecular flexibility index (Phi) is 4.71. The Balaban J connectivity index is 1.77. The molecule has 0 atom stereocenters.